The molecular weight excluding hydrogens is 184 g/mol. The highest BCUT2D eigenvalue weighted by Crippen LogP contribution is 2.12. The van der Waals surface area contributed by atoms with Crippen LogP contribution < -0.4 is 5.73 Å². The summed E-state index contributed by atoms with van der Waals surface area (Å²) in [6.07, 6.45) is 1.76. The molecule has 1 aliphatic heterocycles. The smallest absolute Gasteiger partial charge is 0.243 e. The summed E-state index contributed by atoms with van der Waals surface area (Å²) < 4.78 is 5.26. The van der Waals surface area contributed by atoms with Gasteiger partial charge in [0.1, 0.15) is 6.61 Å². The number of likely N-dealkylation sites (tertiary alicyclic amines) is 1. The average molecular weight is 200 g/mol. The monoisotopic (exact) mass is 200 g/mol. The van der Waals surface area contributed by atoms with Gasteiger partial charge in [-0.25, -0.2) is 0 Å². The van der Waals surface area contributed by atoms with Gasteiger partial charge >= 0.3 is 0 Å². The Morgan fingerprint density at radius 3 is 2.86 bits per heavy atom. The number of rotatable bonds is 3. The number of ether oxygens (including phenoxy) is 1. The fourth-order valence-corrected chi connectivity index (χ4v) is 1.56. The largest absolute Gasteiger partial charge is 0.368 e. The third kappa shape index (κ3) is 3.33. The number of hydrogen-bond acceptors (Lipinski definition) is 3. The third-order valence-electron chi connectivity index (χ3n) is 2.28. The second-order valence-corrected chi connectivity index (χ2v) is 3.51. The minimum atomic E-state index is -0.468. The van der Waals surface area contributed by atoms with E-state index in [1.165, 1.54) is 6.92 Å². The summed E-state index contributed by atoms with van der Waals surface area (Å²) in [5, 5.41) is 0. The van der Waals surface area contributed by atoms with Crippen molar-refractivity contribution in [3.8, 4) is 0 Å². The summed E-state index contributed by atoms with van der Waals surface area (Å²) in [7, 11) is 0. The van der Waals surface area contributed by atoms with E-state index in [1.54, 1.807) is 4.90 Å². The van der Waals surface area contributed by atoms with Crippen molar-refractivity contribution in [3.05, 3.63) is 0 Å². The van der Waals surface area contributed by atoms with Crippen LogP contribution in [0.15, 0.2) is 0 Å². The highest BCUT2D eigenvalue weighted by molar-refractivity contribution is 5.75. The molecule has 0 spiro atoms. The van der Waals surface area contributed by atoms with Gasteiger partial charge in [-0.15, -0.1) is 0 Å². The Hall–Kier alpha value is -1.10. The number of nitrogens with zero attached hydrogens (tertiary/aromatic N) is 1. The first kappa shape index (κ1) is 11.0. The maximum atomic E-state index is 11.1. The SMILES string of the molecule is CC(=O)N1CCCC(OCC(N)=O)C1. The molecule has 2 amide bonds. The van der Waals surface area contributed by atoms with Gasteiger partial charge in [-0.05, 0) is 12.8 Å². The van der Waals surface area contributed by atoms with Crippen molar-refractivity contribution < 1.29 is 14.3 Å². The van der Waals surface area contributed by atoms with Gasteiger partial charge in [0.15, 0.2) is 0 Å². The van der Waals surface area contributed by atoms with Crippen LogP contribution >= 0.6 is 0 Å². The molecule has 0 aliphatic carbocycles. The Labute approximate surface area is 83.2 Å². The molecule has 1 rings (SSSR count). The van der Waals surface area contributed by atoms with Crippen LogP contribution in [-0.2, 0) is 14.3 Å². The molecular formula is C9H16N2O3. The maximum Gasteiger partial charge on any atom is 0.243 e. The predicted molar refractivity (Wildman–Crippen MR) is 50.4 cm³/mol. The summed E-state index contributed by atoms with van der Waals surface area (Å²) in [5.41, 5.74) is 4.96. The molecule has 1 unspecified atom stereocenters. The fourth-order valence-electron chi connectivity index (χ4n) is 1.56. The summed E-state index contributed by atoms with van der Waals surface area (Å²) in [6, 6.07) is 0. The molecule has 1 aliphatic rings. The van der Waals surface area contributed by atoms with E-state index < -0.39 is 5.91 Å². The third-order valence-corrected chi connectivity index (χ3v) is 2.28. The molecule has 0 saturated carbocycles. The van der Waals surface area contributed by atoms with Gasteiger partial charge < -0.3 is 15.4 Å². The minimum Gasteiger partial charge on any atom is -0.368 e. The molecule has 0 radical (unpaired) electrons. The van der Waals surface area contributed by atoms with Crippen LogP contribution in [0.5, 0.6) is 0 Å². The zero-order valence-electron chi connectivity index (χ0n) is 8.36. The lowest BCUT2D eigenvalue weighted by Crippen LogP contribution is -2.43. The van der Waals surface area contributed by atoms with Gasteiger partial charge in [0.25, 0.3) is 0 Å². The number of hydrogen-bond donors (Lipinski definition) is 1. The Bertz CT molecular complexity index is 230. The van der Waals surface area contributed by atoms with Crippen molar-refractivity contribution in [2.45, 2.75) is 25.9 Å². The number of primary amides is 1. The molecule has 0 aromatic rings. The number of carbonyl (C=O) groups excluding carboxylic acids is 2. The fraction of sp³-hybridized carbons (Fsp3) is 0.778. The van der Waals surface area contributed by atoms with Crippen LogP contribution in [0, 0.1) is 0 Å². The molecule has 0 aromatic carbocycles. The van der Waals surface area contributed by atoms with Crippen molar-refractivity contribution in [2.75, 3.05) is 19.7 Å². The highest BCUT2D eigenvalue weighted by Gasteiger charge is 2.22. The number of amides is 2. The lowest BCUT2D eigenvalue weighted by Gasteiger charge is -2.31. The normalized spacial score (nSPS) is 22.1. The van der Waals surface area contributed by atoms with Crippen LogP contribution in [0.4, 0.5) is 0 Å². The van der Waals surface area contributed by atoms with Gasteiger partial charge in [0, 0.05) is 20.0 Å². The molecule has 1 fully saturated rings. The Kier molecular flexibility index (Phi) is 3.88. The van der Waals surface area contributed by atoms with Crippen molar-refractivity contribution >= 4 is 11.8 Å². The van der Waals surface area contributed by atoms with E-state index in [0.717, 1.165) is 19.4 Å². The Balaban J connectivity index is 2.32. The Morgan fingerprint density at radius 2 is 2.29 bits per heavy atom. The molecule has 1 heterocycles. The zero-order valence-corrected chi connectivity index (χ0v) is 8.36. The van der Waals surface area contributed by atoms with E-state index in [-0.39, 0.29) is 18.6 Å². The number of piperidine rings is 1. The van der Waals surface area contributed by atoms with Gasteiger partial charge in [0.05, 0.1) is 6.10 Å². The molecule has 14 heavy (non-hydrogen) atoms. The minimum absolute atomic E-state index is 0.0415. The van der Waals surface area contributed by atoms with Crippen LogP contribution in [0.3, 0.4) is 0 Å². The first-order chi connectivity index (χ1) is 6.59. The zero-order chi connectivity index (χ0) is 10.6. The van der Waals surface area contributed by atoms with Crippen LogP contribution in [-0.4, -0.2) is 42.5 Å². The molecule has 1 saturated heterocycles. The summed E-state index contributed by atoms with van der Waals surface area (Å²) in [4.78, 5) is 23.3. The molecule has 1 atom stereocenters. The van der Waals surface area contributed by atoms with Crippen molar-refractivity contribution in [2.24, 2.45) is 5.73 Å². The summed E-state index contributed by atoms with van der Waals surface area (Å²) >= 11 is 0. The predicted octanol–water partition coefficient (Wildman–Crippen LogP) is -0.501. The van der Waals surface area contributed by atoms with Gasteiger partial charge in [-0.2, -0.15) is 0 Å². The van der Waals surface area contributed by atoms with Crippen LogP contribution in [0.25, 0.3) is 0 Å². The van der Waals surface area contributed by atoms with Crippen molar-refractivity contribution in [1.29, 1.82) is 0 Å². The number of nitrogens with two attached hydrogens (primary N) is 1. The standard InChI is InChI=1S/C9H16N2O3/c1-7(12)11-4-2-3-8(5-11)14-6-9(10)13/h8H,2-6H2,1H3,(H2,10,13). The quantitative estimate of drug-likeness (QED) is 0.667. The second kappa shape index (κ2) is 4.95. The molecule has 0 bridgehead atoms. The first-order valence-corrected chi connectivity index (χ1v) is 4.75. The summed E-state index contributed by atoms with van der Waals surface area (Å²) in [6.45, 7) is 2.83. The van der Waals surface area contributed by atoms with E-state index in [9.17, 15) is 9.59 Å². The molecule has 2 N–H and O–H groups in total. The lowest BCUT2D eigenvalue weighted by atomic mass is 10.1. The lowest BCUT2D eigenvalue weighted by molar-refractivity contribution is -0.134. The molecule has 80 valence electrons. The van der Waals surface area contributed by atoms with Crippen LogP contribution in [0.2, 0.25) is 0 Å². The Morgan fingerprint density at radius 1 is 1.57 bits per heavy atom. The summed E-state index contributed by atoms with van der Waals surface area (Å²) in [5.74, 6) is -0.415. The molecule has 5 nitrogen and oxygen atoms in total. The maximum absolute atomic E-state index is 11.1. The van der Waals surface area contributed by atoms with E-state index >= 15 is 0 Å². The highest BCUT2D eigenvalue weighted by atomic mass is 16.5. The van der Waals surface area contributed by atoms with E-state index in [1.807, 2.05) is 0 Å². The first-order valence-electron chi connectivity index (χ1n) is 4.75. The van der Waals surface area contributed by atoms with E-state index in [4.69, 9.17) is 10.5 Å². The van der Waals surface area contributed by atoms with E-state index in [0.29, 0.717) is 6.54 Å². The van der Waals surface area contributed by atoms with Crippen molar-refractivity contribution in [3.63, 3.8) is 0 Å². The molecule has 5 heteroatoms. The van der Waals surface area contributed by atoms with Gasteiger partial charge in [-0.3, -0.25) is 9.59 Å². The topological polar surface area (TPSA) is 72.6 Å². The molecule has 0 aromatic heterocycles. The van der Waals surface area contributed by atoms with Gasteiger partial charge in [-0.1, -0.05) is 0 Å². The number of carbonyl (C=O) groups is 2. The van der Waals surface area contributed by atoms with Crippen LogP contribution in [0.1, 0.15) is 19.8 Å². The van der Waals surface area contributed by atoms with Crippen molar-refractivity contribution in [1.82, 2.24) is 4.90 Å². The average Bonchev–Trinajstić information content (AvgIpc) is 2.15. The second-order valence-electron chi connectivity index (χ2n) is 3.51. The van der Waals surface area contributed by atoms with Gasteiger partial charge in [0.2, 0.25) is 11.8 Å². The van der Waals surface area contributed by atoms with E-state index in [2.05, 4.69) is 0 Å².